The van der Waals surface area contributed by atoms with Crippen molar-refractivity contribution in [3.63, 3.8) is 0 Å². The first-order valence-electron chi connectivity index (χ1n) is 17.2. The lowest BCUT2D eigenvalue weighted by Crippen LogP contribution is -1.92. The molecule has 4 nitrogen and oxygen atoms in total. The maximum Gasteiger partial charge on any atom is 0.0978 e. The summed E-state index contributed by atoms with van der Waals surface area (Å²) in [6, 6.07) is 45.8. The summed E-state index contributed by atoms with van der Waals surface area (Å²) in [5.41, 5.74) is 10.1. The van der Waals surface area contributed by atoms with Crippen molar-refractivity contribution in [3.8, 4) is 22.3 Å². The van der Waals surface area contributed by atoms with Gasteiger partial charge < -0.3 is 0 Å². The predicted molar refractivity (Wildman–Crippen MR) is 217 cm³/mol. The number of hydrogen-bond donors (Lipinski definition) is 0. The molecule has 10 aromatic rings. The molecule has 7 aromatic carbocycles. The van der Waals surface area contributed by atoms with Gasteiger partial charge in [0.05, 0.1) is 27.8 Å². The summed E-state index contributed by atoms with van der Waals surface area (Å²) in [7, 11) is 0. The minimum atomic E-state index is 0.805. The van der Waals surface area contributed by atoms with Crippen molar-refractivity contribution in [1.82, 2.24) is 15.0 Å². The smallest absolute Gasteiger partial charge is 0.0978 e. The zero-order valence-electron chi connectivity index (χ0n) is 27.9. The van der Waals surface area contributed by atoms with E-state index in [1.54, 1.807) is 0 Å². The minimum Gasteiger partial charge on any atom is -0.262 e. The molecule has 0 N–H and O–H groups in total. The first-order valence-corrected chi connectivity index (χ1v) is 17.2. The Bertz CT molecular complexity index is 3100. The second kappa shape index (κ2) is 11.4. The summed E-state index contributed by atoms with van der Waals surface area (Å²) in [4.78, 5) is 19.0. The molecule has 238 valence electrons. The van der Waals surface area contributed by atoms with E-state index >= 15 is 0 Å². The van der Waals surface area contributed by atoms with Gasteiger partial charge in [0.2, 0.25) is 0 Å². The molecule has 0 fully saturated rings. The number of para-hydroxylation sites is 1. The molecule has 0 aliphatic heterocycles. The maximum atomic E-state index is 5.14. The average Bonchev–Trinajstić information content (AvgIpc) is 3.19. The van der Waals surface area contributed by atoms with Gasteiger partial charge in [0.1, 0.15) is 0 Å². The summed E-state index contributed by atoms with van der Waals surface area (Å²) in [5.74, 6) is 0. The fraction of sp³-hybridized carbons (Fsp3) is 0.0213. The van der Waals surface area contributed by atoms with Crippen LogP contribution < -0.4 is 0 Å². The topological polar surface area (TPSA) is 51.0 Å². The second-order valence-corrected chi connectivity index (χ2v) is 13.0. The van der Waals surface area contributed by atoms with Crippen molar-refractivity contribution in [2.45, 2.75) is 6.92 Å². The number of hydrogen-bond acceptors (Lipinski definition) is 4. The van der Waals surface area contributed by atoms with Gasteiger partial charge in [-0.1, -0.05) is 103 Å². The zero-order valence-corrected chi connectivity index (χ0v) is 27.9. The predicted octanol–water partition coefficient (Wildman–Crippen LogP) is 12.6. The number of benzene rings is 7. The Hall–Kier alpha value is -6.78. The largest absolute Gasteiger partial charge is 0.262 e. The van der Waals surface area contributed by atoms with Gasteiger partial charge in [0, 0.05) is 45.1 Å². The highest BCUT2D eigenvalue weighted by Gasteiger charge is 2.18. The molecule has 0 radical (unpaired) electrons. The van der Waals surface area contributed by atoms with Crippen LogP contribution in [0.3, 0.4) is 0 Å². The average molecular weight is 651 g/mol. The van der Waals surface area contributed by atoms with E-state index in [4.69, 9.17) is 15.0 Å². The molecular formula is C47H30N4. The van der Waals surface area contributed by atoms with Gasteiger partial charge in [0.15, 0.2) is 0 Å². The Labute approximate surface area is 294 Å². The Morgan fingerprint density at radius 1 is 0.529 bits per heavy atom. The number of nitrogens with zero attached hydrogens (tertiary/aromatic N) is 4. The zero-order chi connectivity index (χ0) is 34.1. The van der Waals surface area contributed by atoms with Crippen molar-refractivity contribution in [1.29, 1.82) is 0 Å². The summed E-state index contributed by atoms with van der Waals surface area (Å²) in [5, 5.41) is 11.7. The Morgan fingerprint density at radius 2 is 1.16 bits per heavy atom. The van der Waals surface area contributed by atoms with Crippen LogP contribution in [0.2, 0.25) is 0 Å². The molecule has 0 bridgehead atoms. The van der Waals surface area contributed by atoms with Gasteiger partial charge in [0.25, 0.3) is 0 Å². The first kappa shape index (κ1) is 29.2. The van der Waals surface area contributed by atoms with Crippen LogP contribution in [0.1, 0.15) is 12.5 Å². The highest BCUT2D eigenvalue weighted by molar-refractivity contribution is 6.27. The Balaban J connectivity index is 1.25. The van der Waals surface area contributed by atoms with E-state index in [2.05, 4.69) is 133 Å². The van der Waals surface area contributed by atoms with Gasteiger partial charge in [-0.25, -0.2) is 4.98 Å². The third-order valence-corrected chi connectivity index (χ3v) is 10.3. The SMILES string of the molecule is C=Nc1c(/C=C\C)cc(-c2ccc3c4ccc(-c5c6ccccc6nc6c5ccc5cccnc56)cc4c4ccccc4c3c2)c2cccnc12. The second-order valence-electron chi connectivity index (χ2n) is 13.0. The van der Waals surface area contributed by atoms with Crippen molar-refractivity contribution < 1.29 is 0 Å². The third-order valence-electron chi connectivity index (χ3n) is 10.3. The van der Waals surface area contributed by atoms with Crippen molar-refractivity contribution in [3.05, 3.63) is 151 Å². The lowest BCUT2D eigenvalue weighted by molar-refractivity contribution is 1.39. The fourth-order valence-corrected chi connectivity index (χ4v) is 8.04. The number of fused-ring (bicyclic) bond motifs is 11. The molecule has 0 saturated carbocycles. The van der Waals surface area contributed by atoms with Crippen molar-refractivity contribution in [2.75, 3.05) is 0 Å². The van der Waals surface area contributed by atoms with Crippen LogP contribution in [-0.4, -0.2) is 21.7 Å². The highest BCUT2D eigenvalue weighted by Crippen LogP contribution is 2.43. The van der Waals surface area contributed by atoms with E-state index in [1.165, 1.54) is 37.9 Å². The van der Waals surface area contributed by atoms with Gasteiger partial charge in [-0.15, -0.1) is 0 Å². The molecule has 0 aliphatic carbocycles. The standard InChI is InChI=1S/C47H30N4/c1-3-10-31-27-39(36-15-9-24-50-46(36)44(31)48-2)29-18-20-34-35-21-19-30(26-41(35)33-13-5-4-12-32(33)40(34)25-29)43-37-14-6-7-16-42(37)51-47-38(43)22-17-28-11-8-23-49-45(28)47/h3-27H,2H2,1H3/b10-3-. The van der Waals surface area contributed by atoms with Crippen LogP contribution >= 0.6 is 0 Å². The van der Waals surface area contributed by atoms with Crippen LogP contribution in [0.5, 0.6) is 0 Å². The maximum absolute atomic E-state index is 5.14. The molecule has 0 unspecified atom stereocenters. The lowest BCUT2D eigenvalue weighted by Gasteiger charge is -2.16. The Morgan fingerprint density at radius 3 is 1.92 bits per heavy atom. The van der Waals surface area contributed by atoms with E-state index in [0.29, 0.717) is 0 Å². The van der Waals surface area contributed by atoms with Gasteiger partial charge in [-0.3, -0.25) is 15.0 Å². The number of pyridine rings is 3. The van der Waals surface area contributed by atoms with Gasteiger partial charge in [-0.05, 0) is 99.0 Å². The fourth-order valence-electron chi connectivity index (χ4n) is 8.04. The van der Waals surface area contributed by atoms with E-state index in [0.717, 1.165) is 71.6 Å². The molecule has 0 amide bonds. The van der Waals surface area contributed by atoms with Gasteiger partial charge >= 0.3 is 0 Å². The normalized spacial score (nSPS) is 12.0. The molecule has 10 rings (SSSR count). The monoisotopic (exact) mass is 650 g/mol. The van der Waals surface area contributed by atoms with Crippen LogP contribution in [0, 0.1) is 0 Å². The summed E-state index contributed by atoms with van der Waals surface area (Å²) >= 11 is 0. The molecule has 3 heterocycles. The number of rotatable bonds is 4. The first-order chi connectivity index (χ1) is 25.2. The molecule has 3 aromatic heterocycles. The van der Waals surface area contributed by atoms with E-state index < -0.39 is 0 Å². The Kier molecular flexibility index (Phi) is 6.52. The van der Waals surface area contributed by atoms with Crippen LogP contribution in [-0.2, 0) is 0 Å². The molecular weight excluding hydrogens is 621 g/mol. The van der Waals surface area contributed by atoms with Crippen molar-refractivity contribution >= 4 is 94.4 Å². The quantitative estimate of drug-likeness (QED) is 0.108. The van der Waals surface area contributed by atoms with Crippen molar-refractivity contribution in [2.24, 2.45) is 4.99 Å². The summed E-state index contributed by atoms with van der Waals surface area (Å²) in [6.07, 6.45) is 7.79. The minimum absolute atomic E-state index is 0.805. The number of aromatic nitrogens is 3. The summed E-state index contributed by atoms with van der Waals surface area (Å²) < 4.78 is 0. The van der Waals surface area contributed by atoms with Gasteiger partial charge in [-0.2, -0.15) is 0 Å². The summed E-state index contributed by atoms with van der Waals surface area (Å²) in [6.45, 7) is 5.89. The van der Waals surface area contributed by atoms with Crippen LogP contribution in [0.15, 0.2) is 151 Å². The third kappa shape index (κ3) is 4.40. The molecule has 4 heteroatoms. The highest BCUT2D eigenvalue weighted by atomic mass is 14.8. The van der Waals surface area contributed by atoms with E-state index in [9.17, 15) is 0 Å². The molecule has 0 spiro atoms. The van der Waals surface area contributed by atoms with Crippen LogP contribution in [0.4, 0.5) is 5.69 Å². The molecule has 0 atom stereocenters. The lowest BCUT2D eigenvalue weighted by atomic mass is 9.88. The van der Waals surface area contributed by atoms with Crippen LogP contribution in [0.25, 0.3) is 104 Å². The van der Waals surface area contributed by atoms with E-state index in [-0.39, 0.29) is 0 Å². The number of aliphatic imine (C=N–C) groups is 1. The number of allylic oxidation sites excluding steroid dienone is 1. The molecule has 51 heavy (non-hydrogen) atoms. The molecule has 0 saturated heterocycles. The van der Waals surface area contributed by atoms with E-state index in [1.807, 2.05) is 37.5 Å². The molecule has 0 aliphatic rings.